The first-order valence-corrected chi connectivity index (χ1v) is 10.8. The van der Waals surface area contributed by atoms with E-state index in [1.807, 2.05) is 0 Å². The van der Waals surface area contributed by atoms with Crippen molar-refractivity contribution in [3.05, 3.63) is 59.9 Å². The standard InChI is InChI=1S/C23H19F3N6O4/c1-34-15-5-3-14(13-4-6-17(23(24,25)26)30-18(13)15)20-31-19(16(9-27)36-20)21(33)32-10-12(11-32)35-22-28-7-2-8-29-22/h2-8,12H,9-11,27H2,1H3. The normalized spacial score (nSPS) is 14.1. The maximum absolute atomic E-state index is 13.2. The molecule has 0 bridgehead atoms. The van der Waals surface area contributed by atoms with Gasteiger partial charge in [-0.15, -0.1) is 0 Å². The van der Waals surface area contributed by atoms with Crippen molar-refractivity contribution in [2.45, 2.75) is 18.8 Å². The zero-order valence-corrected chi connectivity index (χ0v) is 18.8. The smallest absolute Gasteiger partial charge is 0.433 e. The number of hydrogen-bond donors (Lipinski definition) is 1. The van der Waals surface area contributed by atoms with Crippen LogP contribution in [0.5, 0.6) is 11.8 Å². The molecule has 4 aromatic rings. The maximum Gasteiger partial charge on any atom is 0.433 e. The number of rotatable bonds is 6. The Hall–Kier alpha value is -4.26. The molecule has 186 valence electrons. The van der Waals surface area contributed by atoms with Crippen molar-refractivity contribution in [2.75, 3.05) is 20.2 Å². The number of carbonyl (C=O) groups is 1. The van der Waals surface area contributed by atoms with Gasteiger partial charge in [0.1, 0.15) is 23.1 Å². The van der Waals surface area contributed by atoms with Crippen LogP contribution in [0.4, 0.5) is 13.2 Å². The highest BCUT2D eigenvalue weighted by molar-refractivity contribution is 5.98. The third kappa shape index (κ3) is 4.28. The number of likely N-dealkylation sites (tertiary alicyclic amines) is 1. The molecule has 0 radical (unpaired) electrons. The van der Waals surface area contributed by atoms with E-state index >= 15 is 0 Å². The Bertz CT molecular complexity index is 1420. The lowest BCUT2D eigenvalue weighted by molar-refractivity contribution is -0.140. The fourth-order valence-electron chi connectivity index (χ4n) is 3.80. The second kappa shape index (κ2) is 9.07. The molecule has 36 heavy (non-hydrogen) atoms. The van der Waals surface area contributed by atoms with Crippen LogP contribution < -0.4 is 15.2 Å². The zero-order chi connectivity index (χ0) is 25.4. The molecule has 1 amide bonds. The lowest BCUT2D eigenvalue weighted by atomic mass is 10.1. The van der Waals surface area contributed by atoms with Crippen molar-refractivity contribution in [3.63, 3.8) is 0 Å². The Kier molecular flexibility index (Phi) is 5.92. The average Bonchev–Trinajstić information content (AvgIpc) is 3.29. The van der Waals surface area contributed by atoms with Crippen LogP contribution in [-0.4, -0.2) is 57.0 Å². The molecular weight excluding hydrogens is 481 g/mol. The van der Waals surface area contributed by atoms with Gasteiger partial charge in [0.25, 0.3) is 5.91 Å². The molecule has 4 heterocycles. The molecule has 0 atom stereocenters. The van der Waals surface area contributed by atoms with E-state index in [2.05, 4.69) is 19.9 Å². The molecule has 1 saturated heterocycles. The first-order valence-electron chi connectivity index (χ1n) is 10.8. The molecule has 5 rings (SSSR count). The molecule has 10 nitrogen and oxygen atoms in total. The van der Waals surface area contributed by atoms with Crippen LogP contribution in [0.2, 0.25) is 0 Å². The molecule has 0 aliphatic carbocycles. The molecule has 0 unspecified atom stereocenters. The number of nitrogens with zero attached hydrogens (tertiary/aromatic N) is 5. The Morgan fingerprint density at radius 2 is 1.92 bits per heavy atom. The van der Waals surface area contributed by atoms with E-state index in [0.717, 1.165) is 6.07 Å². The van der Waals surface area contributed by atoms with Crippen molar-refractivity contribution < 1.29 is 31.9 Å². The predicted octanol–water partition coefficient (Wildman–Crippen LogP) is 3.07. The van der Waals surface area contributed by atoms with Gasteiger partial charge in [-0.2, -0.15) is 13.2 Å². The molecule has 13 heteroatoms. The number of aromatic nitrogens is 4. The number of carbonyl (C=O) groups excluding carboxylic acids is 1. The summed E-state index contributed by atoms with van der Waals surface area (Å²) in [4.78, 5) is 30.7. The quantitative estimate of drug-likeness (QED) is 0.425. The summed E-state index contributed by atoms with van der Waals surface area (Å²) >= 11 is 0. The number of amides is 1. The first-order chi connectivity index (χ1) is 17.3. The number of methoxy groups -OCH3 is 1. The highest BCUT2D eigenvalue weighted by atomic mass is 19.4. The number of pyridine rings is 1. The van der Waals surface area contributed by atoms with Crippen molar-refractivity contribution in [1.29, 1.82) is 0 Å². The van der Waals surface area contributed by atoms with Gasteiger partial charge in [-0.05, 0) is 30.3 Å². The molecular formula is C23H19F3N6O4. The van der Waals surface area contributed by atoms with E-state index in [1.54, 1.807) is 24.5 Å². The van der Waals surface area contributed by atoms with Gasteiger partial charge < -0.3 is 24.5 Å². The number of ether oxygens (including phenoxy) is 2. The third-order valence-corrected chi connectivity index (χ3v) is 5.60. The summed E-state index contributed by atoms with van der Waals surface area (Å²) < 4.78 is 56.3. The summed E-state index contributed by atoms with van der Waals surface area (Å²) in [6.45, 7) is 0.474. The van der Waals surface area contributed by atoms with Crippen molar-refractivity contribution in [1.82, 2.24) is 24.8 Å². The van der Waals surface area contributed by atoms with Gasteiger partial charge in [0.2, 0.25) is 5.89 Å². The van der Waals surface area contributed by atoms with E-state index in [4.69, 9.17) is 19.6 Å². The summed E-state index contributed by atoms with van der Waals surface area (Å²) in [5.74, 6) is -0.0843. The van der Waals surface area contributed by atoms with Crippen molar-refractivity contribution in [2.24, 2.45) is 5.73 Å². The number of halogens is 3. The molecule has 1 aromatic carbocycles. The second-order valence-corrected chi connectivity index (χ2v) is 7.88. The van der Waals surface area contributed by atoms with Crippen molar-refractivity contribution in [3.8, 4) is 23.2 Å². The van der Waals surface area contributed by atoms with Crippen LogP contribution in [0, 0.1) is 0 Å². The van der Waals surface area contributed by atoms with E-state index in [-0.39, 0.29) is 47.3 Å². The molecule has 2 N–H and O–H groups in total. The number of alkyl halides is 3. The van der Waals surface area contributed by atoms with Gasteiger partial charge in [0, 0.05) is 23.3 Å². The SMILES string of the molecule is COc1ccc(-c2nc(C(=O)N3CC(Oc4ncccn4)C3)c(CN)o2)c2ccc(C(F)(F)F)nc12. The van der Waals surface area contributed by atoms with Gasteiger partial charge in [-0.25, -0.2) is 19.9 Å². The van der Waals surface area contributed by atoms with Crippen LogP contribution in [0.1, 0.15) is 21.9 Å². The Morgan fingerprint density at radius 1 is 1.17 bits per heavy atom. The lowest BCUT2D eigenvalue weighted by Gasteiger charge is -2.37. The zero-order valence-electron chi connectivity index (χ0n) is 18.8. The number of benzene rings is 1. The predicted molar refractivity (Wildman–Crippen MR) is 119 cm³/mol. The molecule has 1 fully saturated rings. The van der Waals surface area contributed by atoms with Gasteiger partial charge in [-0.1, -0.05) is 0 Å². The largest absolute Gasteiger partial charge is 0.494 e. The molecule has 3 aromatic heterocycles. The second-order valence-electron chi connectivity index (χ2n) is 7.88. The van der Waals surface area contributed by atoms with E-state index in [9.17, 15) is 18.0 Å². The molecule has 0 spiro atoms. The Labute approximate surface area is 201 Å². The molecule has 0 saturated carbocycles. The Balaban J connectivity index is 1.43. The van der Waals surface area contributed by atoms with Gasteiger partial charge in [0.15, 0.2) is 11.5 Å². The van der Waals surface area contributed by atoms with Crippen LogP contribution in [0.3, 0.4) is 0 Å². The van der Waals surface area contributed by atoms with Gasteiger partial charge in [-0.3, -0.25) is 4.79 Å². The maximum atomic E-state index is 13.2. The van der Waals surface area contributed by atoms with Crippen molar-refractivity contribution >= 4 is 16.8 Å². The Morgan fingerprint density at radius 3 is 2.58 bits per heavy atom. The third-order valence-electron chi connectivity index (χ3n) is 5.60. The number of nitrogens with two attached hydrogens (primary N) is 1. The highest BCUT2D eigenvalue weighted by Gasteiger charge is 2.37. The first kappa shape index (κ1) is 23.5. The molecule has 1 aliphatic heterocycles. The molecule has 1 aliphatic rings. The van der Waals surface area contributed by atoms with Crippen LogP contribution in [-0.2, 0) is 12.7 Å². The number of hydrogen-bond acceptors (Lipinski definition) is 9. The minimum atomic E-state index is -4.63. The summed E-state index contributed by atoms with van der Waals surface area (Å²) in [6.07, 6.45) is -1.80. The minimum absolute atomic E-state index is 0.0175. The number of fused-ring (bicyclic) bond motifs is 1. The minimum Gasteiger partial charge on any atom is -0.494 e. The van der Waals surface area contributed by atoms with Crippen LogP contribution in [0.15, 0.2) is 47.1 Å². The topological polar surface area (TPSA) is 129 Å². The lowest BCUT2D eigenvalue weighted by Crippen LogP contribution is -2.56. The van der Waals surface area contributed by atoms with E-state index in [0.29, 0.717) is 24.0 Å². The summed E-state index contributed by atoms with van der Waals surface area (Å²) in [7, 11) is 1.33. The fraction of sp³-hybridized carbons (Fsp3) is 0.261. The van der Waals surface area contributed by atoms with Crippen LogP contribution in [0.25, 0.3) is 22.4 Å². The summed E-state index contributed by atoms with van der Waals surface area (Å²) in [5.41, 5.74) is 5.07. The highest BCUT2D eigenvalue weighted by Crippen LogP contribution is 2.37. The summed E-state index contributed by atoms with van der Waals surface area (Å²) in [6, 6.07) is 7.04. The fourth-order valence-corrected chi connectivity index (χ4v) is 3.80. The van der Waals surface area contributed by atoms with E-state index in [1.165, 1.54) is 24.1 Å². The summed E-state index contributed by atoms with van der Waals surface area (Å²) in [5, 5.41) is 0.312. The van der Waals surface area contributed by atoms with Crippen LogP contribution >= 0.6 is 0 Å². The van der Waals surface area contributed by atoms with Gasteiger partial charge >= 0.3 is 12.2 Å². The van der Waals surface area contributed by atoms with E-state index < -0.39 is 17.8 Å². The monoisotopic (exact) mass is 500 g/mol. The number of oxazole rings is 1. The average molecular weight is 500 g/mol. The van der Waals surface area contributed by atoms with Gasteiger partial charge in [0.05, 0.1) is 26.7 Å².